The zero-order valence-corrected chi connectivity index (χ0v) is 17.2. The molecule has 0 fully saturated rings. The minimum Gasteiger partial charge on any atom is -0.462 e. The Labute approximate surface area is 170 Å². The topological polar surface area (TPSA) is 93.2 Å². The summed E-state index contributed by atoms with van der Waals surface area (Å²) in [5, 5.41) is 9.68. The number of nitrogens with zero attached hydrogens (tertiary/aromatic N) is 2. The molecule has 2 N–H and O–H groups in total. The number of benzene rings is 1. The summed E-state index contributed by atoms with van der Waals surface area (Å²) in [7, 11) is 0. The van der Waals surface area contributed by atoms with E-state index in [4.69, 9.17) is 4.74 Å². The van der Waals surface area contributed by atoms with Gasteiger partial charge in [-0.15, -0.1) is 11.3 Å². The van der Waals surface area contributed by atoms with Gasteiger partial charge in [-0.2, -0.15) is 0 Å². The first-order chi connectivity index (χ1) is 13.6. The summed E-state index contributed by atoms with van der Waals surface area (Å²) in [6.07, 6.45) is 0. The van der Waals surface area contributed by atoms with Crippen LogP contribution in [0.15, 0.2) is 40.9 Å². The third kappa shape index (κ3) is 4.79. The first-order valence-electron chi connectivity index (χ1n) is 8.80. The number of hydrogen-bond donors (Lipinski definition) is 2. The number of rotatable bonds is 8. The molecule has 0 bridgehead atoms. The molecule has 7 nitrogen and oxygen atoms in total. The zero-order chi connectivity index (χ0) is 19.9. The van der Waals surface area contributed by atoms with E-state index in [0.29, 0.717) is 15.7 Å². The Morgan fingerprint density at radius 2 is 2.00 bits per heavy atom. The molecule has 2 aromatic heterocycles. The smallest absolute Gasteiger partial charge is 0.341 e. The Bertz CT molecular complexity index is 990. The van der Waals surface area contributed by atoms with Crippen molar-refractivity contribution in [2.45, 2.75) is 19.0 Å². The lowest BCUT2D eigenvalue weighted by atomic mass is 10.2. The lowest BCUT2D eigenvalue weighted by Crippen LogP contribution is -2.16. The molecule has 0 aliphatic carbocycles. The summed E-state index contributed by atoms with van der Waals surface area (Å²) in [5.41, 5.74) is 1.18. The first-order valence-corrected chi connectivity index (χ1v) is 10.7. The van der Waals surface area contributed by atoms with Crippen molar-refractivity contribution in [3.05, 3.63) is 41.3 Å². The van der Waals surface area contributed by atoms with E-state index in [9.17, 15) is 9.59 Å². The molecule has 1 amide bonds. The van der Waals surface area contributed by atoms with Crippen LogP contribution in [0.3, 0.4) is 0 Å². The molecule has 0 aliphatic rings. The number of esters is 1. The molecular weight excluding hydrogens is 396 g/mol. The number of ether oxygens (including phenoxy) is 1. The second kappa shape index (κ2) is 9.52. The van der Waals surface area contributed by atoms with E-state index < -0.39 is 5.97 Å². The molecule has 0 aliphatic heterocycles. The molecule has 1 aromatic carbocycles. The van der Waals surface area contributed by atoms with Crippen molar-refractivity contribution in [2.24, 2.45) is 0 Å². The highest BCUT2D eigenvalue weighted by atomic mass is 32.2. The fraction of sp³-hybridized carbons (Fsp3) is 0.263. The number of aromatic nitrogens is 2. The molecule has 3 aromatic rings. The van der Waals surface area contributed by atoms with Gasteiger partial charge in [-0.3, -0.25) is 4.79 Å². The molecule has 2 heterocycles. The van der Waals surface area contributed by atoms with Gasteiger partial charge in [-0.05, 0) is 37.4 Å². The lowest BCUT2D eigenvalue weighted by molar-refractivity contribution is -0.113. The predicted octanol–water partition coefficient (Wildman–Crippen LogP) is 4.03. The number of fused-ring (bicyclic) bond motifs is 1. The number of amides is 1. The number of anilines is 2. The van der Waals surface area contributed by atoms with Crippen LogP contribution >= 0.6 is 23.1 Å². The van der Waals surface area contributed by atoms with E-state index in [1.54, 1.807) is 18.4 Å². The van der Waals surface area contributed by atoms with E-state index in [-0.39, 0.29) is 18.3 Å². The molecule has 0 spiro atoms. The number of nitrogens with one attached hydrogen (secondary N) is 2. The number of carbonyl (C=O) groups excluding carboxylic acids is 2. The van der Waals surface area contributed by atoms with Crippen LogP contribution in [-0.2, 0) is 9.53 Å². The minimum absolute atomic E-state index is 0.129. The van der Waals surface area contributed by atoms with E-state index in [2.05, 4.69) is 20.6 Å². The van der Waals surface area contributed by atoms with Crippen LogP contribution in [-0.4, -0.2) is 40.7 Å². The van der Waals surface area contributed by atoms with Gasteiger partial charge in [-0.1, -0.05) is 23.9 Å². The van der Waals surface area contributed by atoms with Crippen LogP contribution in [0.4, 0.5) is 10.8 Å². The zero-order valence-electron chi connectivity index (χ0n) is 15.5. The van der Waals surface area contributed by atoms with Crippen molar-refractivity contribution < 1.29 is 14.3 Å². The number of hydrogen-bond acceptors (Lipinski definition) is 8. The fourth-order valence-corrected chi connectivity index (χ4v) is 3.93. The maximum Gasteiger partial charge on any atom is 0.341 e. The molecule has 0 saturated carbocycles. The normalized spacial score (nSPS) is 10.6. The highest BCUT2D eigenvalue weighted by molar-refractivity contribution is 7.99. The molecule has 0 radical (unpaired) electrons. The maximum absolute atomic E-state index is 12.3. The van der Waals surface area contributed by atoms with Gasteiger partial charge in [-0.25, -0.2) is 14.8 Å². The molecule has 0 saturated heterocycles. The quantitative estimate of drug-likeness (QED) is 0.325. The predicted molar refractivity (Wildman–Crippen MR) is 113 cm³/mol. The third-order valence-corrected chi connectivity index (χ3v) is 5.35. The Hall–Kier alpha value is -2.65. The van der Waals surface area contributed by atoms with Gasteiger partial charge in [0.25, 0.3) is 0 Å². The fourth-order valence-electron chi connectivity index (χ4n) is 2.49. The summed E-state index contributed by atoms with van der Waals surface area (Å²) in [4.78, 5) is 33.3. The molecule has 0 atom stereocenters. The first kappa shape index (κ1) is 20.1. The SMILES string of the molecule is CCNc1nc(SCC(=O)Nc2sccc2C(=O)OCC)nc2ccccc12. The van der Waals surface area contributed by atoms with E-state index in [0.717, 1.165) is 23.3 Å². The summed E-state index contributed by atoms with van der Waals surface area (Å²) in [6, 6.07) is 9.37. The summed E-state index contributed by atoms with van der Waals surface area (Å²) >= 11 is 2.53. The molecule has 0 unspecified atom stereocenters. The highest BCUT2D eigenvalue weighted by Crippen LogP contribution is 2.26. The Morgan fingerprint density at radius 3 is 2.79 bits per heavy atom. The van der Waals surface area contributed by atoms with Gasteiger partial charge < -0.3 is 15.4 Å². The average molecular weight is 417 g/mol. The summed E-state index contributed by atoms with van der Waals surface area (Å²) < 4.78 is 5.00. The molecular formula is C19H20N4O3S2. The van der Waals surface area contributed by atoms with Crippen LogP contribution in [0.5, 0.6) is 0 Å². The molecule has 146 valence electrons. The third-order valence-electron chi connectivity index (χ3n) is 3.67. The van der Waals surface area contributed by atoms with Crippen molar-refractivity contribution in [1.29, 1.82) is 0 Å². The summed E-state index contributed by atoms with van der Waals surface area (Å²) in [6.45, 7) is 4.76. The average Bonchev–Trinajstić information content (AvgIpc) is 3.15. The Balaban J connectivity index is 1.68. The van der Waals surface area contributed by atoms with Crippen LogP contribution in [0.1, 0.15) is 24.2 Å². The van der Waals surface area contributed by atoms with Gasteiger partial charge in [0.2, 0.25) is 5.91 Å². The second-order valence-electron chi connectivity index (χ2n) is 5.62. The lowest BCUT2D eigenvalue weighted by Gasteiger charge is -2.09. The summed E-state index contributed by atoms with van der Waals surface area (Å²) in [5.74, 6) is 0.197. The number of thioether (sulfide) groups is 1. The van der Waals surface area contributed by atoms with Gasteiger partial charge in [0.05, 0.1) is 23.4 Å². The van der Waals surface area contributed by atoms with Crippen LogP contribution in [0.2, 0.25) is 0 Å². The van der Waals surface area contributed by atoms with E-state index in [1.165, 1.54) is 23.1 Å². The van der Waals surface area contributed by atoms with Crippen LogP contribution in [0.25, 0.3) is 10.9 Å². The second-order valence-corrected chi connectivity index (χ2v) is 7.48. The van der Waals surface area contributed by atoms with Crippen LogP contribution < -0.4 is 10.6 Å². The number of thiophene rings is 1. The van der Waals surface area contributed by atoms with Gasteiger partial charge in [0, 0.05) is 11.9 Å². The van der Waals surface area contributed by atoms with Crippen molar-refractivity contribution in [1.82, 2.24) is 9.97 Å². The van der Waals surface area contributed by atoms with Crippen molar-refractivity contribution >= 4 is 56.7 Å². The van der Waals surface area contributed by atoms with Gasteiger partial charge in [0.1, 0.15) is 10.8 Å². The Morgan fingerprint density at radius 1 is 1.18 bits per heavy atom. The van der Waals surface area contributed by atoms with Gasteiger partial charge in [0.15, 0.2) is 5.16 Å². The molecule has 9 heteroatoms. The van der Waals surface area contributed by atoms with Crippen LogP contribution in [0, 0.1) is 0 Å². The monoisotopic (exact) mass is 416 g/mol. The van der Waals surface area contributed by atoms with Crippen molar-refractivity contribution in [3.63, 3.8) is 0 Å². The highest BCUT2D eigenvalue weighted by Gasteiger charge is 2.16. The maximum atomic E-state index is 12.3. The molecule has 3 rings (SSSR count). The number of para-hydroxylation sites is 1. The minimum atomic E-state index is -0.445. The van der Waals surface area contributed by atoms with Crippen molar-refractivity contribution in [3.8, 4) is 0 Å². The van der Waals surface area contributed by atoms with Gasteiger partial charge >= 0.3 is 5.97 Å². The number of carbonyl (C=O) groups is 2. The van der Waals surface area contributed by atoms with E-state index in [1.807, 2.05) is 31.2 Å². The van der Waals surface area contributed by atoms with E-state index >= 15 is 0 Å². The molecule has 28 heavy (non-hydrogen) atoms. The largest absolute Gasteiger partial charge is 0.462 e. The standard InChI is InChI=1S/C19H20N4O3S2/c1-3-20-16-12-7-5-6-8-14(12)21-19(23-16)28-11-15(24)22-17-13(9-10-27-17)18(25)26-4-2/h5-10H,3-4,11H2,1-2H3,(H,22,24)(H,20,21,23). The Kier molecular flexibility index (Phi) is 6.83. The van der Waals surface area contributed by atoms with Crippen molar-refractivity contribution in [2.75, 3.05) is 29.5 Å².